The molecule has 0 aliphatic heterocycles. The van der Waals surface area contributed by atoms with Crippen LogP contribution in [0, 0.1) is 20.8 Å². The number of ether oxygens (including phenoxy) is 1. The molecule has 0 saturated heterocycles. The highest BCUT2D eigenvalue weighted by Gasteiger charge is 2.10. The summed E-state index contributed by atoms with van der Waals surface area (Å²) in [5.74, 6) is -2.74. The van der Waals surface area contributed by atoms with E-state index in [1.807, 2.05) is 6.92 Å². The number of carboxylic acid groups (broad SMARTS) is 2. The molecular formula is C19H32N2O6. The third-order valence-electron chi connectivity index (χ3n) is 3.82. The van der Waals surface area contributed by atoms with Crippen LogP contribution in [0.4, 0.5) is 0 Å². The molecule has 0 fully saturated rings. The van der Waals surface area contributed by atoms with Gasteiger partial charge in [0.25, 0.3) is 0 Å². The fourth-order valence-electron chi connectivity index (χ4n) is 2.18. The van der Waals surface area contributed by atoms with E-state index in [2.05, 4.69) is 50.3 Å². The van der Waals surface area contributed by atoms with Crippen molar-refractivity contribution in [2.45, 2.75) is 33.3 Å². The molecule has 8 heteroatoms. The van der Waals surface area contributed by atoms with Gasteiger partial charge in [0.15, 0.2) is 0 Å². The Morgan fingerprint density at radius 2 is 1.67 bits per heavy atom. The molecule has 0 aliphatic carbocycles. The van der Waals surface area contributed by atoms with Gasteiger partial charge in [0, 0.05) is 6.54 Å². The van der Waals surface area contributed by atoms with Crippen LogP contribution in [-0.4, -0.2) is 78.6 Å². The molecule has 1 atom stereocenters. The van der Waals surface area contributed by atoms with E-state index in [0.29, 0.717) is 13.2 Å². The number of nitrogens with zero attached hydrogens (tertiary/aromatic N) is 1. The highest BCUT2D eigenvalue weighted by atomic mass is 16.5. The molecule has 0 amide bonds. The highest BCUT2D eigenvalue weighted by molar-refractivity contribution is 6.27. The summed E-state index contributed by atoms with van der Waals surface area (Å²) in [5, 5.41) is 28.0. The van der Waals surface area contributed by atoms with Crippen molar-refractivity contribution in [1.82, 2.24) is 10.2 Å². The number of hydrogen-bond donors (Lipinski definition) is 4. The van der Waals surface area contributed by atoms with E-state index in [0.717, 1.165) is 36.4 Å². The first-order valence-corrected chi connectivity index (χ1v) is 8.75. The Bertz CT molecular complexity index is 592. The largest absolute Gasteiger partial charge is 0.490 e. The van der Waals surface area contributed by atoms with Crippen LogP contribution < -0.4 is 10.1 Å². The van der Waals surface area contributed by atoms with Gasteiger partial charge in [-0.2, -0.15) is 0 Å². The Morgan fingerprint density at radius 3 is 2.19 bits per heavy atom. The molecule has 1 unspecified atom stereocenters. The zero-order valence-corrected chi connectivity index (χ0v) is 16.8. The Kier molecular flexibility index (Phi) is 12.0. The van der Waals surface area contributed by atoms with E-state index in [4.69, 9.17) is 24.5 Å². The van der Waals surface area contributed by atoms with Crippen molar-refractivity contribution >= 4 is 11.9 Å². The van der Waals surface area contributed by atoms with Gasteiger partial charge >= 0.3 is 11.9 Å². The minimum atomic E-state index is -1.82. The monoisotopic (exact) mass is 384 g/mol. The Hall–Kier alpha value is -2.16. The second-order valence-electron chi connectivity index (χ2n) is 6.59. The molecular weight excluding hydrogens is 352 g/mol. The maximum absolute atomic E-state index is 9.97. The number of rotatable bonds is 9. The molecule has 0 heterocycles. The van der Waals surface area contributed by atoms with Crippen LogP contribution in [0.5, 0.6) is 5.75 Å². The number of aliphatic hydroxyl groups excluding tert-OH is 1. The molecule has 0 aliphatic rings. The minimum absolute atomic E-state index is 0.325. The van der Waals surface area contributed by atoms with Crippen LogP contribution in [0.1, 0.15) is 23.1 Å². The van der Waals surface area contributed by atoms with Gasteiger partial charge in [-0.15, -0.1) is 0 Å². The van der Waals surface area contributed by atoms with Crippen molar-refractivity contribution in [3.05, 3.63) is 28.8 Å². The van der Waals surface area contributed by atoms with Gasteiger partial charge in [0.05, 0.1) is 0 Å². The number of aryl methyl sites for hydroxylation is 2. The molecule has 1 rings (SSSR count). The van der Waals surface area contributed by atoms with Crippen molar-refractivity contribution < 1.29 is 29.6 Å². The number of aliphatic hydroxyl groups is 1. The zero-order chi connectivity index (χ0) is 21.0. The van der Waals surface area contributed by atoms with Crippen molar-refractivity contribution in [1.29, 1.82) is 0 Å². The van der Waals surface area contributed by atoms with E-state index in [1.165, 1.54) is 5.56 Å². The average Bonchev–Trinajstić information content (AvgIpc) is 2.58. The summed E-state index contributed by atoms with van der Waals surface area (Å²) in [6.07, 6.45) is 0.597. The van der Waals surface area contributed by atoms with Crippen LogP contribution in [0.25, 0.3) is 0 Å². The molecule has 0 saturated carbocycles. The van der Waals surface area contributed by atoms with Crippen LogP contribution in [0.2, 0.25) is 0 Å². The first kappa shape index (κ1) is 24.8. The average molecular weight is 384 g/mol. The Balaban J connectivity index is 0.000000972. The first-order chi connectivity index (χ1) is 12.6. The maximum atomic E-state index is 9.97. The normalized spacial score (nSPS) is 11.5. The summed E-state index contributed by atoms with van der Waals surface area (Å²) in [6, 6.07) is 4.16. The van der Waals surface area contributed by atoms with Crippen molar-refractivity contribution in [2.75, 3.05) is 40.3 Å². The van der Waals surface area contributed by atoms with Crippen molar-refractivity contribution in [2.24, 2.45) is 0 Å². The van der Waals surface area contributed by atoms with E-state index >= 15 is 0 Å². The summed E-state index contributed by atoms with van der Waals surface area (Å²) in [6.45, 7) is 9.03. The summed E-state index contributed by atoms with van der Waals surface area (Å²) < 4.78 is 5.81. The lowest BCUT2D eigenvalue weighted by Crippen LogP contribution is -2.33. The second kappa shape index (κ2) is 13.1. The van der Waals surface area contributed by atoms with E-state index in [-0.39, 0.29) is 0 Å². The minimum Gasteiger partial charge on any atom is -0.490 e. The number of benzene rings is 1. The molecule has 0 radical (unpaired) electrons. The number of nitrogens with one attached hydrogen (secondary N) is 1. The lowest BCUT2D eigenvalue weighted by molar-refractivity contribution is -0.159. The summed E-state index contributed by atoms with van der Waals surface area (Å²) in [7, 11) is 4.13. The van der Waals surface area contributed by atoms with Gasteiger partial charge in [-0.05, 0) is 71.1 Å². The molecule has 0 spiro atoms. The number of hydrogen-bond acceptors (Lipinski definition) is 6. The third-order valence-corrected chi connectivity index (χ3v) is 3.82. The van der Waals surface area contributed by atoms with E-state index in [9.17, 15) is 5.11 Å². The topological polar surface area (TPSA) is 119 Å². The van der Waals surface area contributed by atoms with Crippen LogP contribution in [0.3, 0.4) is 0 Å². The van der Waals surface area contributed by atoms with Crippen molar-refractivity contribution in [3.63, 3.8) is 0 Å². The second-order valence-corrected chi connectivity index (χ2v) is 6.59. The highest BCUT2D eigenvalue weighted by Crippen LogP contribution is 2.25. The lowest BCUT2D eigenvalue weighted by Gasteiger charge is -2.17. The first-order valence-electron chi connectivity index (χ1n) is 8.75. The molecule has 1 aromatic rings. The fraction of sp³-hybridized carbons (Fsp3) is 0.579. The summed E-state index contributed by atoms with van der Waals surface area (Å²) in [4.78, 5) is 20.4. The van der Waals surface area contributed by atoms with E-state index < -0.39 is 18.0 Å². The summed E-state index contributed by atoms with van der Waals surface area (Å²) >= 11 is 0. The third kappa shape index (κ3) is 11.2. The van der Waals surface area contributed by atoms with Gasteiger partial charge in [-0.1, -0.05) is 12.1 Å². The Labute approximate surface area is 160 Å². The fourth-order valence-corrected chi connectivity index (χ4v) is 2.18. The quantitative estimate of drug-likeness (QED) is 0.368. The molecule has 1 aromatic carbocycles. The van der Waals surface area contributed by atoms with Crippen LogP contribution in [0.15, 0.2) is 12.1 Å². The number of aliphatic carboxylic acids is 2. The maximum Gasteiger partial charge on any atom is 0.414 e. The molecule has 4 N–H and O–H groups in total. The smallest absolute Gasteiger partial charge is 0.414 e. The van der Waals surface area contributed by atoms with Crippen LogP contribution >= 0.6 is 0 Å². The predicted octanol–water partition coefficient (Wildman–Crippen LogP) is 1.05. The molecule has 8 nitrogen and oxygen atoms in total. The van der Waals surface area contributed by atoms with Gasteiger partial charge < -0.3 is 30.3 Å². The van der Waals surface area contributed by atoms with Gasteiger partial charge in [0.2, 0.25) is 0 Å². The van der Waals surface area contributed by atoms with Crippen LogP contribution in [-0.2, 0) is 9.59 Å². The van der Waals surface area contributed by atoms with E-state index in [1.54, 1.807) is 0 Å². The van der Waals surface area contributed by atoms with Gasteiger partial charge in [-0.25, -0.2) is 9.59 Å². The number of carbonyl (C=O) groups is 2. The predicted molar refractivity (Wildman–Crippen MR) is 103 cm³/mol. The lowest BCUT2D eigenvalue weighted by atomic mass is 10.1. The Morgan fingerprint density at radius 1 is 1.11 bits per heavy atom. The SMILES string of the molecule is Cc1ccc(C)c(OCC(O)CNCCCN(C)C)c1C.O=C(O)C(=O)O. The standard InChI is InChI=1S/C17H30N2O2.C2H2O4/c1-13-7-8-14(2)17(15(13)3)21-12-16(20)11-18-9-6-10-19(4)5;3-1(4)2(5)6/h7-8,16,18,20H,6,9-12H2,1-5H3;(H,3,4)(H,5,6). The summed E-state index contributed by atoms with van der Waals surface area (Å²) in [5.41, 5.74) is 3.48. The number of carboxylic acids is 2. The van der Waals surface area contributed by atoms with Crippen molar-refractivity contribution in [3.8, 4) is 5.75 Å². The molecule has 0 aromatic heterocycles. The van der Waals surface area contributed by atoms with Gasteiger partial charge in [-0.3, -0.25) is 0 Å². The molecule has 154 valence electrons. The zero-order valence-electron chi connectivity index (χ0n) is 16.8. The molecule has 27 heavy (non-hydrogen) atoms. The molecule has 0 bridgehead atoms. The van der Waals surface area contributed by atoms with Gasteiger partial charge in [0.1, 0.15) is 18.5 Å².